The summed E-state index contributed by atoms with van der Waals surface area (Å²) in [7, 11) is 3.04. The van der Waals surface area contributed by atoms with Gasteiger partial charge in [0, 0.05) is 24.1 Å². The number of anilines is 2. The third kappa shape index (κ3) is 3.52. The topological polar surface area (TPSA) is 82.3 Å². The number of aromatic nitrogens is 2. The molecule has 0 atom stereocenters. The first-order valence-electron chi connectivity index (χ1n) is 7.38. The molecule has 25 heavy (non-hydrogen) atoms. The molecule has 3 aromatic rings. The molecule has 130 valence electrons. The van der Waals surface area contributed by atoms with Crippen molar-refractivity contribution in [3.8, 4) is 11.5 Å². The van der Waals surface area contributed by atoms with E-state index in [2.05, 4.69) is 15.3 Å². The second kappa shape index (κ2) is 6.76. The van der Waals surface area contributed by atoms with Crippen molar-refractivity contribution in [2.45, 2.75) is 6.54 Å². The van der Waals surface area contributed by atoms with Gasteiger partial charge in [0.2, 0.25) is 5.95 Å². The van der Waals surface area contributed by atoms with Gasteiger partial charge >= 0.3 is 0 Å². The first-order chi connectivity index (χ1) is 12.0. The van der Waals surface area contributed by atoms with E-state index >= 15 is 0 Å². The maximum absolute atomic E-state index is 13.2. The molecule has 2 aromatic carbocycles. The van der Waals surface area contributed by atoms with Crippen LogP contribution >= 0.6 is 0 Å². The fourth-order valence-corrected chi connectivity index (χ4v) is 2.45. The van der Waals surface area contributed by atoms with Gasteiger partial charge in [-0.05, 0) is 23.8 Å². The summed E-state index contributed by atoms with van der Waals surface area (Å²) in [5, 5.41) is 3.52. The number of nitrogens with one attached hydrogen (secondary N) is 1. The van der Waals surface area contributed by atoms with Crippen LogP contribution in [0.15, 0.2) is 30.3 Å². The van der Waals surface area contributed by atoms with Crippen molar-refractivity contribution >= 4 is 22.7 Å². The van der Waals surface area contributed by atoms with Gasteiger partial charge < -0.3 is 20.5 Å². The Balaban J connectivity index is 1.91. The second-order valence-electron chi connectivity index (χ2n) is 5.29. The summed E-state index contributed by atoms with van der Waals surface area (Å²) >= 11 is 0. The molecule has 0 spiro atoms. The molecule has 0 saturated heterocycles. The smallest absolute Gasteiger partial charge is 0.225 e. The summed E-state index contributed by atoms with van der Waals surface area (Å²) in [6.07, 6.45) is 0. The Kier molecular flexibility index (Phi) is 4.51. The maximum atomic E-state index is 13.2. The van der Waals surface area contributed by atoms with Crippen LogP contribution in [-0.2, 0) is 6.54 Å². The van der Waals surface area contributed by atoms with Gasteiger partial charge in [-0.25, -0.2) is 13.8 Å². The molecule has 3 rings (SSSR count). The molecule has 0 amide bonds. The second-order valence-corrected chi connectivity index (χ2v) is 5.29. The number of rotatable bonds is 5. The van der Waals surface area contributed by atoms with Crippen LogP contribution in [0.3, 0.4) is 0 Å². The minimum absolute atomic E-state index is 0.146. The summed E-state index contributed by atoms with van der Waals surface area (Å²) in [6, 6.07) is 6.64. The molecule has 3 N–H and O–H groups in total. The summed E-state index contributed by atoms with van der Waals surface area (Å²) in [5.41, 5.74) is 6.96. The highest BCUT2D eigenvalue weighted by Gasteiger charge is 2.12. The molecule has 0 radical (unpaired) electrons. The van der Waals surface area contributed by atoms with Crippen LogP contribution in [0.25, 0.3) is 10.9 Å². The van der Waals surface area contributed by atoms with Gasteiger partial charge in [-0.3, -0.25) is 0 Å². The average molecular weight is 346 g/mol. The van der Waals surface area contributed by atoms with Gasteiger partial charge in [0.25, 0.3) is 0 Å². The van der Waals surface area contributed by atoms with E-state index in [-0.39, 0.29) is 18.3 Å². The van der Waals surface area contributed by atoms with Crippen molar-refractivity contribution in [1.82, 2.24) is 9.97 Å². The average Bonchev–Trinajstić information content (AvgIpc) is 2.58. The van der Waals surface area contributed by atoms with E-state index in [1.165, 1.54) is 26.4 Å². The van der Waals surface area contributed by atoms with Crippen LogP contribution in [0.5, 0.6) is 11.5 Å². The summed E-state index contributed by atoms with van der Waals surface area (Å²) in [6.45, 7) is 0.146. The first-order valence-corrected chi connectivity index (χ1v) is 7.38. The molecule has 1 aromatic heterocycles. The highest BCUT2D eigenvalue weighted by atomic mass is 19.1. The lowest BCUT2D eigenvalue weighted by molar-refractivity contribution is 0.356. The lowest BCUT2D eigenvalue weighted by atomic mass is 10.2. The largest absolute Gasteiger partial charge is 0.493 e. The Morgan fingerprint density at radius 1 is 0.960 bits per heavy atom. The molecule has 0 fully saturated rings. The van der Waals surface area contributed by atoms with Gasteiger partial charge in [0.15, 0.2) is 11.5 Å². The normalized spacial score (nSPS) is 10.7. The maximum Gasteiger partial charge on any atom is 0.225 e. The summed E-state index contributed by atoms with van der Waals surface area (Å²) < 4.78 is 37.0. The van der Waals surface area contributed by atoms with Gasteiger partial charge in [0.05, 0.1) is 19.7 Å². The monoisotopic (exact) mass is 346 g/mol. The quantitative estimate of drug-likeness (QED) is 0.739. The van der Waals surface area contributed by atoms with Crippen molar-refractivity contribution in [3.05, 3.63) is 47.5 Å². The molecule has 0 aliphatic carbocycles. The van der Waals surface area contributed by atoms with Crippen molar-refractivity contribution in [3.63, 3.8) is 0 Å². The number of benzene rings is 2. The highest BCUT2D eigenvalue weighted by molar-refractivity contribution is 5.91. The number of hydrogen-bond acceptors (Lipinski definition) is 6. The fourth-order valence-electron chi connectivity index (χ4n) is 2.45. The van der Waals surface area contributed by atoms with E-state index in [9.17, 15) is 8.78 Å². The molecular formula is C17H16F2N4O2. The van der Waals surface area contributed by atoms with Gasteiger partial charge in [0.1, 0.15) is 17.5 Å². The van der Waals surface area contributed by atoms with Crippen LogP contribution in [0.2, 0.25) is 0 Å². The van der Waals surface area contributed by atoms with Crippen LogP contribution in [-0.4, -0.2) is 24.2 Å². The predicted molar refractivity (Wildman–Crippen MR) is 90.7 cm³/mol. The molecular weight excluding hydrogens is 330 g/mol. The van der Waals surface area contributed by atoms with Crippen molar-refractivity contribution in [2.24, 2.45) is 0 Å². The number of ether oxygens (including phenoxy) is 2. The Morgan fingerprint density at radius 3 is 2.24 bits per heavy atom. The molecule has 0 saturated carbocycles. The zero-order chi connectivity index (χ0) is 18.0. The molecule has 1 heterocycles. The zero-order valence-corrected chi connectivity index (χ0v) is 13.6. The summed E-state index contributed by atoms with van der Waals surface area (Å²) in [5.74, 6) is 0.216. The molecule has 0 aliphatic rings. The zero-order valence-electron chi connectivity index (χ0n) is 13.6. The van der Waals surface area contributed by atoms with Gasteiger partial charge in [-0.1, -0.05) is 0 Å². The van der Waals surface area contributed by atoms with Gasteiger partial charge in [-0.2, -0.15) is 4.98 Å². The number of methoxy groups -OCH3 is 2. The van der Waals surface area contributed by atoms with E-state index in [1.54, 1.807) is 12.1 Å². The molecule has 0 unspecified atom stereocenters. The standard InChI is InChI=1S/C17H16F2N4O2/c1-24-14-6-12-13(7-15(14)25-2)22-17(23-16(12)20)21-8-9-3-10(18)5-11(19)4-9/h3-7H,8H2,1-2H3,(H3,20,21,22,23). The minimum atomic E-state index is -0.646. The minimum Gasteiger partial charge on any atom is -0.493 e. The first kappa shape index (κ1) is 16.7. The van der Waals surface area contributed by atoms with Crippen LogP contribution in [0.4, 0.5) is 20.5 Å². The Labute approximate surface area is 142 Å². The summed E-state index contributed by atoms with van der Waals surface area (Å²) in [4.78, 5) is 8.52. The molecule has 8 heteroatoms. The fraction of sp³-hybridized carbons (Fsp3) is 0.176. The Hall–Kier alpha value is -3.16. The molecule has 0 bridgehead atoms. The number of halogens is 2. The van der Waals surface area contributed by atoms with Crippen LogP contribution in [0, 0.1) is 11.6 Å². The van der Waals surface area contributed by atoms with Crippen molar-refractivity contribution in [1.29, 1.82) is 0 Å². The van der Waals surface area contributed by atoms with Gasteiger partial charge in [-0.15, -0.1) is 0 Å². The number of hydrogen-bond donors (Lipinski definition) is 2. The lowest BCUT2D eigenvalue weighted by Crippen LogP contribution is -2.06. The number of fused-ring (bicyclic) bond motifs is 1. The molecule has 0 aliphatic heterocycles. The van der Waals surface area contributed by atoms with E-state index in [4.69, 9.17) is 15.2 Å². The molecule has 6 nitrogen and oxygen atoms in total. The van der Waals surface area contributed by atoms with E-state index in [1.807, 2.05) is 0 Å². The van der Waals surface area contributed by atoms with Crippen molar-refractivity contribution in [2.75, 3.05) is 25.3 Å². The van der Waals surface area contributed by atoms with Crippen molar-refractivity contribution < 1.29 is 18.3 Å². The lowest BCUT2D eigenvalue weighted by Gasteiger charge is -2.11. The van der Waals surface area contributed by atoms with Crippen LogP contribution < -0.4 is 20.5 Å². The predicted octanol–water partition coefficient (Wildman–Crippen LogP) is 3.12. The Bertz CT molecular complexity index is 914. The highest BCUT2D eigenvalue weighted by Crippen LogP contribution is 2.33. The van der Waals surface area contributed by atoms with E-state index in [0.29, 0.717) is 28.0 Å². The van der Waals surface area contributed by atoms with Crippen LogP contribution in [0.1, 0.15) is 5.56 Å². The number of nitrogens with two attached hydrogens (primary N) is 1. The third-order valence-corrected chi connectivity index (χ3v) is 3.60. The van der Waals surface area contributed by atoms with E-state index < -0.39 is 11.6 Å². The number of nitrogens with zero attached hydrogens (tertiary/aromatic N) is 2. The Morgan fingerprint density at radius 2 is 1.60 bits per heavy atom. The number of nitrogen functional groups attached to an aromatic ring is 1. The van der Waals surface area contributed by atoms with E-state index in [0.717, 1.165) is 6.07 Å². The third-order valence-electron chi connectivity index (χ3n) is 3.60. The SMILES string of the molecule is COc1cc2nc(NCc3cc(F)cc(F)c3)nc(N)c2cc1OC.